The van der Waals surface area contributed by atoms with Gasteiger partial charge in [0.25, 0.3) is 5.91 Å². The predicted octanol–water partition coefficient (Wildman–Crippen LogP) is 4.05. The topological polar surface area (TPSA) is 70.7 Å². The Bertz CT molecular complexity index is 901. The summed E-state index contributed by atoms with van der Waals surface area (Å²) >= 11 is 0. The fourth-order valence-corrected chi connectivity index (χ4v) is 2.31. The van der Waals surface area contributed by atoms with Gasteiger partial charge in [-0.1, -0.05) is 12.1 Å². The van der Waals surface area contributed by atoms with Crippen LogP contribution in [0, 0.1) is 6.92 Å². The fraction of sp³-hybridized carbons (Fsp3) is 0.118. The van der Waals surface area contributed by atoms with Crippen molar-refractivity contribution in [3.8, 4) is 11.1 Å². The lowest BCUT2D eigenvalue weighted by atomic mass is 10.0. The zero-order valence-corrected chi connectivity index (χ0v) is 13.1. The number of pyridine rings is 1. The SMILES string of the molecule is Cc1cc(C(=O)Nc2cnccc2-c2ccc(C(F)(F)F)cc2)n[nH]1. The van der Waals surface area contributed by atoms with Crippen LogP contribution in [0.4, 0.5) is 18.9 Å². The standard InChI is InChI=1S/C17H13F3N4O/c1-10-8-14(24-23-10)16(25)22-15-9-21-7-6-13(15)11-2-4-12(5-3-11)17(18,19)20/h2-9H,1H3,(H,22,25)(H,23,24). The highest BCUT2D eigenvalue weighted by Gasteiger charge is 2.30. The van der Waals surface area contributed by atoms with E-state index in [4.69, 9.17) is 0 Å². The van der Waals surface area contributed by atoms with Crippen molar-refractivity contribution in [1.82, 2.24) is 15.2 Å². The van der Waals surface area contributed by atoms with Gasteiger partial charge in [0.05, 0.1) is 17.4 Å². The van der Waals surface area contributed by atoms with Gasteiger partial charge in [0, 0.05) is 17.5 Å². The molecule has 128 valence electrons. The van der Waals surface area contributed by atoms with E-state index < -0.39 is 17.6 Å². The number of rotatable bonds is 3. The number of aromatic nitrogens is 3. The highest BCUT2D eigenvalue weighted by molar-refractivity contribution is 6.04. The van der Waals surface area contributed by atoms with Crippen molar-refractivity contribution in [3.05, 3.63) is 65.7 Å². The normalized spacial score (nSPS) is 11.4. The molecule has 0 saturated carbocycles. The molecule has 0 unspecified atom stereocenters. The average molecular weight is 346 g/mol. The number of anilines is 1. The Kier molecular flexibility index (Phi) is 4.26. The second-order valence-electron chi connectivity index (χ2n) is 5.39. The molecule has 0 atom stereocenters. The van der Waals surface area contributed by atoms with Crippen molar-refractivity contribution in [2.75, 3.05) is 5.32 Å². The van der Waals surface area contributed by atoms with Gasteiger partial charge >= 0.3 is 6.18 Å². The number of H-pyrrole nitrogens is 1. The second kappa shape index (κ2) is 6.39. The maximum atomic E-state index is 12.7. The molecule has 3 aromatic rings. The van der Waals surface area contributed by atoms with E-state index in [1.165, 1.54) is 24.5 Å². The Morgan fingerprint density at radius 1 is 1.16 bits per heavy atom. The van der Waals surface area contributed by atoms with Gasteiger partial charge in [0.1, 0.15) is 0 Å². The van der Waals surface area contributed by atoms with Crippen LogP contribution in [0.5, 0.6) is 0 Å². The largest absolute Gasteiger partial charge is 0.416 e. The van der Waals surface area contributed by atoms with E-state index in [1.807, 2.05) is 0 Å². The Morgan fingerprint density at radius 3 is 2.48 bits per heavy atom. The van der Waals surface area contributed by atoms with Gasteiger partial charge in [-0.15, -0.1) is 0 Å². The van der Waals surface area contributed by atoms with E-state index in [2.05, 4.69) is 20.5 Å². The Labute approximate surface area is 140 Å². The number of alkyl halides is 3. The van der Waals surface area contributed by atoms with Crippen LogP contribution in [-0.2, 0) is 6.18 Å². The first-order chi connectivity index (χ1) is 11.8. The van der Waals surface area contributed by atoms with E-state index in [9.17, 15) is 18.0 Å². The molecule has 0 radical (unpaired) electrons. The number of aryl methyl sites for hydroxylation is 1. The first-order valence-electron chi connectivity index (χ1n) is 7.29. The van der Waals surface area contributed by atoms with Gasteiger partial charge in [-0.05, 0) is 36.8 Å². The van der Waals surface area contributed by atoms with Crippen molar-refractivity contribution < 1.29 is 18.0 Å². The number of benzene rings is 1. The van der Waals surface area contributed by atoms with E-state index in [1.54, 1.807) is 19.1 Å². The Balaban J connectivity index is 1.89. The number of amides is 1. The monoisotopic (exact) mass is 346 g/mol. The van der Waals surface area contributed by atoms with Crippen LogP contribution in [0.2, 0.25) is 0 Å². The maximum Gasteiger partial charge on any atom is 0.416 e. The van der Waals surface area contributed by atoms with Crippen LogP contribution >= 0.6 is 0 Å². The number of aromatic amines is 1. The van der Waals surface area contributed by atoms with Crippen molar-refractivity contribution in [2.45, 2.75) is 13.1 Å². The van der Waals surface area contributed by atoms with Crippen molar-refractivity contribution in [1.29, 1.82) is 0 Å². The molecule has 3 rings (SSSR count). The molecule has 2 aromatic heterocycles. The number of nitrogens with zero attached hydrogens (tertiary/aromatic N) is 2. The molecule has 25 heavy (non-hydrogen) atoms. The second-order valence-corrected chi connectivity index (χ2v) is 5.39. The first kappa shape index (κ1) is 16.7. The summed E-state index contributed by atoms with van der Waals surface area (Å²) in [5.74, 6) is -0.439. The lowest BCUT2D eigenvalue weighted by Crippen LogP contribution is -2.13. The number of halogens is 3. The van der Waals surface area contributed by atoms with Crippen LogP contribution in [0.3, 0.4) is 0 Å². The average Bonchev–Trinajstić information content (AvgIpc) is 3.01. The third-order valence-corrected chi connectivity index (χ3v) is 3.53. The number of nitrogens with one attached hydrogen (secondary N) is 2. The lowest BCUT2D eigenvalue weighted by Gasteiger charge is -2.11. The quantitative estimate of drug-likeness (QED) is 0.751. The Hall–Kier alpha value is -3.16. The third-order valence-electron chi connectivity index (χ3n) is 3.53. The lowest BCUT2D eigenvalue weighted by molar-refractivity contribution is -0.137. The number of carbonyl (C=O) groups excluding carboxylic acids is 1. The molecule has 1 aromatic carbocycles. The van der Waals surface area contributed by atoms with Gasteiger partial charge in [-0.3, -0.25) is 14.9 Å². The maximum absolute atomic E-state index is 12.7. The minimum absolute atomic E-state index is 0.208. The molecule has 1 amide bonds. The zero-order valence-electron chi connectivity index (χ0n) is 13.1. The number of hydrogen-bond donors (Lipinski definition) is 2. The summed E-state index contributed by atoms with van der Waals surface area (Å²) in [4.78, 5) is 16.2. The summed E-state index contributed by atoms with van der Waals surface area (Å²) < 4.78 is 38.1. The van der Waals surface area contributed by atoms with Crippen molar-refractivity contribution >= 4 is 11.6 Å². The summed E-state index contributed by atoms with van der Waals surface area (Å²) in [7, 11) is 0. The molecule has 0 aliphatic heterocycles. The molecule has 0 fully saturated rings. The van der Waals surface area contributed by atoms with E-state index in [-0.39, 0.29) is 5.69 Å². The van der Waals surface area contributed by atoms with Crippen molar-refractivity contribution in [2.24, 2.45) is 0 Å². The smallest absolute Gasteiger partial charge is 0.319 e. The van der Waals surface area contributed by atoms with E-state index in [0.29, 0.717) is 16.8 Å². The fourth-order valence-electron chi connectivity index (χ4n) is 2.31. The van der Waals surface area contributed by atoms with Gasteiger partial charge in [0.2, 0.25) is 0 Å². The highest BCUT2D eigenvalue weighted by Crippen LogP contribution is 2.32. The molecule has 5 nitrogen and oxygen atoms in total. The first-order valence-corrected chi connectivity index (χ1v) is 7.29. The summed E-state index contributed by atoms with van der Waals surface area (Å²) in [5.41, 5.74) is 1.68. The van der Waals surface area contributed by atoms with Crippen LogP contribution in [0.1, 0.15) is 21.7 Å². The molecular weight excluding hydrogens is 333 g/mol. The van der Waals surface area contributed by atoms with Gasteiger partial charge < -0.3 is 5.32 Å². The van der Waals surface area contributed by atoms with Crippen molar-refractivity contribution in [3.63, 3.8) is 0 Å². The van der Waals surface area contributed by atoms with Gasteiger partial charge in [0.15, 0.2) is 5.69 Å². The zero-order chi connectivity index (χ0) is 18.0. The molecule has 0 saturated heterocycles. The molecular formula is C17H13F3N4O. The summed E-state index contributed by atoms with van der Waals surface area (Å²) in [6.07, 6.45) is -1.46. The molecule has 0 aliphatic rings. The molecule has 2 N–H and O–H groups in total. The highest BCUT2D eigenvalue weighted by atomic mass is 19.4. The minimum atomic E-state index is -4.40. The molecule has 0 aliphatic carbocycles. The summed E-state index contributed by atoms with van der Waals surface area (Å²) in [6, 6.07) is 7.91. The van der Waals surface area contributed by atoms with Crippen LogP contribution in [0.25, 0.3) is 11.1 Å². The minimum Gasteiger partial charge on any atom is -0.319 e. The van der Waals surface area contributed by atoms with E-state index in [0.717, 1.165) is 17.8 Å². The molecule has 0 spiro atoms. The predicted molar refractivity (Wildman–Crippen MR) is 86.0 cm³/mol. The number of hydrogen-bond acceptors (Lipinski definition) is 3. The van der Waals surface area contributed by atoms with Crippen LogP contribution in [0.15, 0.2) is 48.8 Å². The Morgan fingerprint density at radius 2 is 1.88 bits per heavy atom. The van der Waals surface area contributed by atoms with Gasteiger partial charge in [-0.25, -0.2) is 0 Å². The number of carbonyl (C=O) groups is 1. The molecule has 0 bridgehead atoms. The van der Waals surface area contributed by atoms with E-state index >= 15 is 0 Å². The molecule has 2 heterocycles. The molecule has 8 heteroatoms. The third kappa shape index (κ3) is 3.68. The summed E-state index contributed by atoms with van der Waals surface area (Å²) in [6.45, 7) is 1.77. The van der Waals surface area contributed by atoms with Crippen LogP contribution < -0.4 is 5.32 Å². The van der Waals surface area contributed by atoms with Gasteiger partial charge in [-0.2, -0.15) is 18.3 Å². The summed E-state index contributed by atoms with van der Waals surface area (Å²) in [5, 5.41) is 9.22. The van der Waals surface area contributed by atoms with Crippen LogP contribution in [-0.4, -0.2) is 21.1 Å².